The predicted octanol–water partition coefficient (Wildman–Crippen LogP) is 6.07. The molecule has 2 aromatic carbocycles. The van der Waals surface area contributed by atoms with Crippen molar-refractivity contribution in [3.63, 3.8) is 0 Å². The molecule has 6 nitrogen and oxygen atoms in total. The number of sulfone groups is 1. The number of halogens is 3. The fourth-order valence-electron chi connectivity index (χ4n) is 4.17. The van der Waals surface area contributed by atoms with Crippen molar-refractivity contribution in [3.05, 3.63) is 82.2 Å². The Kier molecular flexibility index (Phi) is 7.11. The monoisotopic (exact) mass is 547 g/mol. The third-order valence-corrected chi connectivity index (χ3v) is 9.33. The lowest BCUT2D eigenvalue weighted by Gasteiger charge is -2.19. The van der Waals surface area contributed by atoms with E-state index in [9.17, 15) is 17.2 Å². The molecule has 0 spiro atoms. The van der Waals surface area contributed by atoms with Crippen LogP contribution in [0.4, 0.5) is 8.78 Å². The summed E-state index contributed by atoms with van der Waals surface area (Å²) in [6.07, 6.45) is 4.76. The fraction of sp³-hybridized carbons (Fsp3) is 0.240. The molecule has 0 aliphatic carbocycles. The summed E-state index contributed by atoms with van der Waals surface area (Å²) < 4.78 is 59.9. The largest absolute Gasteiger partial charge is 0.381 e. The Bertz CT molecular complexity index is 1490. The Morgan fingerprint density at radius 3 is 2.47 bits per heavy atom. The molecule has 4 aromatic rings. The van der Waals surface area contributed by atoms with Crippen molar-refractivity contribution in [1.29, 1.82) is 0 Å². The summed E-state index contributed by atoms with van der Waals surface area (Å²) >= 11 is 8.24. The summed E-state index contributed by atoms with van der Waals surface area (Å²) in [7, 11) is -4.36. The van der Waals surface area contributed by atoms with Gasteiger partial charge in [-0.15, -0.1) is 11.3 Å². The van der Waals surface area contributed by atoms with Gasteiger partial charge in [-0.2, -0.15) is 0 Å². The van der Waals surface area contributed by atoms with Crippen molar-refractivity contribution >= 4 is 32.8 Å². The number of thiazole rings is 1. The molecular formula is C25H20ClF2N3O3S2. The van der Waals surface area contributed by atoms with Crippen LogP contribution >= 0.6 is 22.9 Å². The number of nitrogens with zero attached hydrogens (tertiary/aromatic N) is 3. The lowest BCUT2D eigenvalue weighted by atomic mass is 10.0. The second kappa shape index (κ2) is 10.3. The van der Waals surface area contributed by atoms with E-state index in [-0.39, 0.29) is 16.5 Å². The van der Waals surface area contributed by atoms with Gasteiger partial charge in [-0.05, 0) is 36.6 Å². The maximum absolute atomic E-state index is 14.2. The van der Waals surface area contributed by atoms with Crippen LogP contribution in [0.5, 0.6) is 0 Å². The molecule has 1 fully saturated rings. The molecule has 0 atom stereocenters. The van der Waals surface area contributed by atoms with Crippen molar-refractivity contribution in [2.45, 2.75) is 29.4 Å². The average molecular weight is 548 g/mol. The van der Waals surface area contributed by atoms with Crippen LogP contribution in [0, 0.1) is 11.6 Å². The molecule has 36 heavy (non-hydrogen) atoms. The van der Waals surface area contributed by atoms with Crippen LogP contribution in [0.25, 0.3) is 21.8 Å². The first-order valence-electron chi connectivity index (χ1n) is 11.1. The van der Waals surface area contributed by atoms with E-state index in [0.29, 0.717) is 30.2 Å². The van der Waals surface area contributed by atoms with Crippen LogP contribution in [0.15, 0.2) is 59.9 Å². The number of ether oxygens (including phenoxy) is 1. The Morgan fingerprint density at radius 1 is 1.06 bits per heavy atom. The van der Waals surface area contributed by atoms with E-state index in [4.69, 9.17) is 21.3 Å². The van der Waals surface area contributed by atoms with Gasteiger partial charge < -0.3 is 4.74 Å². The van der Waals surface area contributed by atoms with Crippen molar-refractivity contribution < 1.29 is 21.9 Å². The van der Waals surface area contributed by atoms with Crippen LogP contribution in [0.1, 0.15) is 29.3 Å². The van der Waals surface area contributed by atoms with Gasteiger partial charge in [0.15, 0.2) is 9.84 Å². The van der Waals surface area contributed by atoms with Gasteiger partial charge >= 0.3 is 0 Å². The number of hydrogen-bond donors (Lipinski definition) is 0. The molecule has 0 N–H and O–H groups in total. The van der Waals surface area contributed by atoms with E-state index in [2.05, 4.69) is 9.97 Å². The molecule has 11 heteroatoms. The van der Waals surface area contributed by atoms with E-state index in [1.807, 2.05) is 0 Å². The number of aromatic nitrogens is 3. The van der Waals surface area contributed by atoms with Crippen LogP contribution < -0.4 is 0 Å². The van der Waals surface area contributed by atoms with E-state index in [1.54, 1.807) is 24.4 Å². The van der Waals surface area contributed by atoms with Gasteiger partial charge in [0.1, 0.15) is 22.9 Å². The normalized spacial score (nSPS) is 14.8. The number of benzene rings is 2. The molecule has 1 aliphatic rings. The maximum atomic E-state index is 14.2. The van der Waals surface area contributed by atoms with Crippen LogP contribution in [-0.2, 0) is 20.3 Å². The first-order chi connectivity index (χ1) is 17.3. The van der Waals surface area contributed by atoms with Crippen molar-refractivity contribution in [2.24, 2.45) is 0 Å². The highest BCUT2D eigenvalue weighted by atomic mass is 35.5. The highest BCUT2D eigenvalue weighted by Gasteiger charge is 2.28. The summed E-state index contributed by atoms with van der Waals surface area (Å²) in [6, 6.07) is 9.64. The zero-order chi connectivity index (χ0) is 25.3. The number of rotatable bonds is 6. The molecule has 0 radical (unpaired) electrons. The quantitative estimate of drug-likeness (QED) is 0.291. The van der Waals surface area contributed by atoms with Crippen LogP contribution in [0.3, 0.4) is 0 Å². The minimum Gasteiger partial charge on any atom is -0.381 e. The molecule has 0 unspecified atom stereocenters. The third-order valence-electron chi connectivity index (χ3n) is 5.94. The molecule has 0 amide bonds. The van der Waals surface area contributed by atoms with Gasteiger partial charge in [-0.1, -0.05) is 35.9 Å². The molecular weight excluding hydrogens is 528 g/mol. The zero-order valence-electron chi connectivity index (χ0n) is 18.8. The number of hydrogen-bond acceptors (Lipinski definition) is 7. The summed E-state index contributed by atoms with van der Waals surface area (Å²) in [6.45, 7) is 1.31. The van der Waals surface area contributed by atoms with Crippen molar-refractivity contribution in [1.82, 2.24) is 15.0 Å². The van der Waals surface area contributed by atoms with E-state index in [0.717, 1.165) is 40.9 Å². The smallest absolute Gasteiger partial charge is 0.188 e. The van der Waals surface area contributed by atoms with E-state index in [1.165, 1.54) is 23.7 Å². The Morgan fingerprint density at radius 2 is 1.78 bits per heavy atom. The highest BCUT2D eigenvalue weighted by Crippen LogP contribution is 2.43. The summed E-state index contributed by atoms with van der Waals surface area (Å²) in [5.41, 5.74) is 1.97. The van der Waals surface area contributed by atoms with Gasteiger partial charge in [-0.25, -0.2) is 32.2 Å². The molecule has 1 saturated heterocycles. The second-order valence-electron chi connectivity index (χ2n) is 8.30. The lowest BCUT2D eigenvalue weighted by Crippen LogP contribution is -2.13. The zero-order valence-corrected chi connectivity index (χ0v) is 21.2. The van der Waals surface area contributed by atoms with E-state index < -0.39 is 32.1 Å². The van der Waals surface area contributed by atoms with Crippen molar-refractivity contribution in [3.8, 4) is 21.8 Å². The molecule has 2 aromatic heterocycles. The Labute approximate surface area is 215 Å². The predicted molar refractivity (Wildman–Crippen MR) is 134 cm³/mol. The first-order valence-corrected chi connectivity index (χ1v) is 14.0. The molecule has 186 valence electrons. The van der Waals surface area contributed by atoms with Gasteiger partial charge in [0.05, 0.1) is 32.0 Å². The van der Waals surface area contributed by atoms with Gasteiger partial charge in [0, 0.05) is 30.9 Å². The van der Waals surface area contributed by atoms with Crippen LogP contribution in [-0.4, -0.2) is 36.6 Å². The van der Waals surface area contributed by atoms with E-state index >= 15 is 0 Å². The standard InChI is InChI=1S/C25H20ClF2N3O3S2/c26-21-16(13-36(32,33)24-18(27)5-2-6-19(24)28)3-1-4-17(21)22-23(20-7-10-29-14-30-20)35-25(31-22)15-8-11-34-12-9-15/h1-7,10,14-15H,8-9,11-13H2. The molecule has 0 saturated carbocycles. The minimum absolute atomic E-state index is 0.150. The Balaban J connectivity index is 1.59. The minimum atomic E-state index is -4.36. The third kappa shape index (κ3) is 4.90. The summed E-state index contributed by atoms with van der Waals surface area (Å²) in [5, 5.41) is 1.07. The average Bonchev–Trinajstić information content (AvgIpc) is 3.31. The lowest BCUT2D eigenvalue weighted by molar-refractivity contribution is 0.0853. The first kappa shape index (κ1) is 24.9. The van der Waals surface area contributed by atoms with Crippen LogP contribution in [0.2, 0.25) is 5.02 Å². The molecule has 5 rings (SSSR count). The van der Waals surface area contributed by atoms with Gasteiger partial charge in [0.25, 0.3) is 0 Å². The maximum Gasteiger partial charge on any atom is 0.188 e. The second-order valence-corrected chi connectivity index (χ2v) is 11.6. The topological polar surface area (TPSA) is 82.0 Å². The summed E-state index contributed by atoms with van der Waals surface area (Å²) in [5.74, 6) is -2.73. The highest BCUT2D eigenvalue weighted by molar-refractivity contribution is 7.90. The molecule has 0 bridgehead atoms. The summed E-state index contributed by atoms with van der Waals surface area (Å²) in [4.78, 5) is 13.1. The SMILES string of the molecule is O=S(=O)(Cc1cccc(-c2nc(C3CCOCC3)sc2-c2ccncn2)c1Cl)c1c(F)cccc1F. The van der Waals surface area contributed by atoms with Gasteiger partial charge in [0.2, 0.25) is 0 Å². The van der Waals surface area contributed by atoms with Gasteiger partial charge in [-0.3, -0.25) is 0 Å². The fourth-order valence-corrected chi connectivity index (χ4v) is 7.28. The molecule has 3 heterocycles. The molecule has 1 aliphatic heterocycles. The van der Waals surface area contributed by atoms with Crippen molar-refractivity contribution in [2.75, 3.05) is 13.2 Å². The Hall–Kier alpha value is -2.79.